The van der Waals surface area contributed by atoms with Crippen molar-refractivity contribution in [2.24, 2.45) is 0 Å². The first-order valence-corrected chi connectivity index (χ1v) is 9.93. The Balaban J connectivity index is 1.61. The van der Waals surface area contributed by atoms with E-state index >= 15 is 0 Å². The number of aromatic carboxylic acids is 1. The fourth-order valence-corrected chi connectivity index (χ4v) is 3.21. The highest BCUT2D eigenvalue weighted by atomic mass is 19.4. The number of hydrogen-bond donors (Lipinski definition) is 3. The lowest BCUT2D eigenvalue weighted by atomic mass is 10.1. The molecule has 2 aromatic heterocycles. The Hall–Kier alpha value is -4.68. The molecule has 0 aliphatic heterocycles. The zero-order chi connectivity index (χ0) is 25.3. The van der Waals surface area contributed by atoms with Crippen LogP contribution in [0.4, 0.5) is 23.7 Å². The number of carbonyl (C=O) groups excluding carboxylic acids is 1. The van der Waals surface area contributed by atoms with E-state index in [9.17, 15) is 27.6 Å². The largest absolute Gasteiger partial charge is 0.476 e. The molecule has 10 nitrogen and oxygen atoms in total. The third kappa shape index (κ3) is 5.13. The van der Waals surface area contributed by atoms with E-state index < -0.39 is 40.7 Å². The standard InChI is InChI=1S/C22H16F3N5O5/c1-11-2-4-12(5-3-11)27-21(34)35-9-13-8-30(10-26-13)17-7-16-15(6-14(17)22(23,24)25)29-19(31)18(28-16)20(32)33/h2-8,10H,9H2,1H3,(H,27,34)(H,29,31)(H,32,33). The van der Waals surface area contributed by atoms with Crippen molar-refractivity contribution in [2.45, 2.75) is 19.7 Å². The summed E-state index contributed by atoms with van der Waals surface area (Å²) in [5, 5.41) is 11.6. The highest BCUT2D eigenvalue weighted by Gasteiger charge is 2.35. The number of rotatable bonds is 5. The molecular formula is C22H16F3N5O5. The summed E-state index contributed by atoms with van der Waals surface area (Å²) in [6.45, 7) is 1.56. The van der Waals surface area contributed by atoms with E-state index in [1.54, 1.807) is 24.3 Å². The number of nitrogens with zero attached hydrogens (tertiary/aromatic N) is 3. The second-order valence-electron chi connectivity index (χ2n) is 7.44. The fraction of sp³-hybridized carbons (Fsp3) is 0.136. The minimum Gasteiger partial charge on any atom is -0.476 e. The van der Waals surface area contributed by atoms with Crippen LogP contribution >= 0.6 is 0 Å². The summed E-state index contributed by atoms with van der Waals surface area (Å²) in [4.78, 5) is 44.7. The van der Waals surface area contributed by atoms with Crippen LogP contribution in [-0.4, -0.2) is 36.7 Å². The van der Waals surface area contributed by atoms with Gasteiger partial charge in [0.15, 0.2) is 0 Å². The van der Waals surface area contributed by atoms with E-state index in [0.29, 0.717) is 11.8 Å². The van der Waals surface area contributed by atoms with E-state index in [1.807, 2.05) is 6.92 Å². The van der Waals surface area contributed by atoms with Crippen LogP contribution in [-0.2, 0) is 17.5 Å². The molecule has 0 saturated carbocycles. The van der Waals surface area contributed by atoms with Gasteiger partial charge >= 0.3 is 18.2 Å². The van der Waals surface area contributed by atoms with Gasteiger partial charge in [0.05, 0.1) is 34.3 Å². The van der Waals surface area contributed by atoms with Crippen LogP contribution in [0.15, 0.2) is 53.7 Å². The monoisotopic (exact) mass is 487 g/mol. The number of aromatic amines is 1. The van der Waals surface area contributed by atoms with Crippen molar-refractivity contribution in [3.05, 3.63) is 81.8 Å². The molecule has 2 heterocycles. The van der Waals surface area contributed by atoms with E-state index in [-0.39, 0.29) is 23.3 Å². The quantitative estimate of drug-likeness (QED) is 0.388. The maximum absolute atomic E-state index is 13.7. The van der Waals surface area contributed by atoms with Crippen LogP contribution in [0.1, 0.15) is 27.3 Å². The number of ether oxygens (including phenoxy) is 1. The van der Waals surface area contributed by atoms with Gasteiger partial charge in [0.2, 0.25) is 5.69 Å². The first kappa shape index (κ1) is 23.5. The normalized spacial score (nSPS) is 11.4. The summed E-state index contributed by atoms with van der Waals surface area (Å²) in [6, 6.07) is 8.60. The average molecular weight is 487 g/mol. The number of aryl methyl sites for hydroxylation is 1. The van der Waals surface area contributed by atoms with Gasteiger partial charge in [0, 0.05) is 11.9 Å². The van der Waals surface area contributed by atoms with Crippen molar-refractivity contribution in [1.82, 2.24) is 19.5 Å². The number of carboxylic acid groups (broad SMARTS) is 1. The van der Waals surface area contributed by atoms with Crippen LogP contribution in [0.2, 0.25) is 0 Å². The lowest BCUT2D eigenvalue weighted by molar-refractivity contribution is -0.137. The van der Waals surface area contributed by atoms with Crippen LogP contribution in [0.3, 0.4) is 0 Å². The van der Waals surface area contributed by atoms with Crippen molar-refractivity contribution in [2.75, 3.05) is 5.32 Å². The van der Waals surface area contributed by atoms with Gasteiger partial charge in [-0.2, -0.15) is 13.2 Å². The van der Waals surface area contributed by atoms with E-state index in [2.05, 4.69) is 20.3 Å². The molecule has 0 radical (unpaired) electrons. The Labute approximate surface area is 194 Å². The second-order valence-corrected chi connectivity index (χ2v) is 7.44. The number of aromatic nitrogens is 4. The number of imidazole rings is 1. The number of carboxylic acids is 1. The van der Waals surface area contributed by atoms with Crippen molar-refractivity contribution >= 4 is 28.8 Å². The summed E-state index contributed by atoms with van der Waals surface area (Å²) in [6.07, 6.45) is -3.30. The first-order chi connectivity index (χ1) is 16.5. The van der Waals surface area contributed by atoms with Crippen molar-refractivity contribution < 1.29 is 32.6 Å². The van der Waals surface area contributed by atoms with Gasteiger partial charge in [-0.3, -0.25) is 10.1 Å². The van der Waals surface area contributed by atoms with Gasteiger partial charge in [-0.1, -0.05) is 17.7 Å². The van der Waals surface area contributed by atoms with Crippen LogP contribution in [0, 0.1) is 6.92 Å². The van der Waals surface area contributed by atoms with Gasteiger partial charge in [-0.15, -0.1) is 0 Å². The number of fused-ring (bicyclic) bond motifs is 1. The Morgan fingerprint density at radius 3 is 2.57 bits per heavy atom. The van der Waals surface area contributed by atoms with Crippen molar-refractivity contribution in [3.8, 4) is 5.69 Å². The maximum Gasteiger partial charge on any atom is 0.418 e. The number of carbonyl (C=O) groups is 2. The zero-order valence-electron chi connectivity index (χ0n) is 17.9. The third-order valence-corrected chi connectivity index (χ3v) is 4.88. The second kappa shape index (κ2) is 8.93. The maximum atomic E-state index is 13.7. The number of H-pyrrole nitrogens is 1. The Morgan fingerprint density at radius 2 is 1.91 bits per heavy atom. The van der Waals surface area contributed by atoms with Gasteiger partial charge < -0.3 is 19.4 Å². The third-order valence-electron chi connectivity index (χ3n) is 4.88. The minimum absolute atomic E-state index is 0.151. The number of amides is 1. The molecule has 4 aromatic rings. The molecule has 180 valence electrons. The van der Waals surface area contributed by atoms with Crippen LogP contribution in [0.25, 0.3) is 16.7 Å². The summed E-state index contributed by atoms with van der Waals surface area (Å²) >= 11 is 0. The SMILES string of the molecule is Cc1ccc(NC(=O)OCc2cn(-c3cc4nc(C(=O)O)c(=O)[nH]c4cc3C(F)(F)F)cn2)cc1. The molecule has 4 rings (SSSR count). The number of halogens is 3. The molecule has 0 unspecified atom stereocenters. The Kier molecular flexibility index (Phi) is 5.99. The zero-order valence-corrected chi connectivity index (χ0v) is 17.9. The molecule has 1 amide bonds. The van der Waals surface area contributed by atoms with Gasteiger partial charge in [0.25, 0.3) is 5.56 Å². The fourth-order valence-electron chi connectivity index (χ4n) is 3.21. The molecule has 0 atom stereocenters. The summed E-state index contributed by atoms with van der Waals surface area (Å²) in [5.74, 6) is -1.62. The van der Waals surface area contributed by atoms with E-state index in [0.717, 1.165) is 22.5 Å². The summed E-state index contributed by atoms with van der Waals surface area (Å²) in [7, 11) is 0. The highest BCUT2D eigenvalue weighted by Crippen LogP contribution is 2.35. The molecule has 0 aliphatic rings. The topological polar surface area (TPSA) is 139 Å². The lowest BCUT2D eigenvalue weighted by Gasteiger charge is -2.14. The molecule has 2 aromatic carbocycles. The molecule has 0 aliphatic carbocycles. The van der Waals surface area contributed by atoms with Crippen molar-refractivity contribution in [1.29, 1.82) is 0 Å². The Bertz CT molecular complexity index is 1490. The number of anilines is 1. The van der Waals surface area contributed by atoms with Crippen LogP contribution < -0.4 is 10.9 Å². The lowest BCUT2D eigenvalue weighted by Crippen LogP contribution is -2.20. The minimum atomic E-state index is -4.82. The number of benzene rings is 2. The summed E-state index contributed by atoms with van der Waals surface area (Å²) in [5.41, 5.74) is -2.32. The van der Waals surface area contributed by atoms with Gasteiger partial charge in [-0.05, 0) is 31.2 Å². The molecule has 35 heavy (non-hydrogen) atoms. The van der Waals surface area contributed by atoms with Crippen molar-refractivity contribution in [3.63, 3.8) is 0 Å². The molecule has 13 heteroatoms. The molecular weight excluding hydrogens is 471 g/mol. The smallest absolute Gasteiger partial charge is 0.418 e. The Morgan fingerprint density at radius 1 is 1.20 bits per heavy atom. The predicted octanol–water partition coefficient (Wildman–Crippen LogP) is 3.88. The molecule has 0 saturated heterocycles. The van der Waals surface area contributed by atoms with Gasteiger partial charge in [0.1, 0.15) is 6.61 Å². The molecule has 3 N–H and O–H groups in total. The average Bonchev–Trinajstić information content (AvgIpc) is 3.26. The highest BCUT2D eigenvalue weighted by molar-refractivity contribution is 5.88. The number of alkyl halides is 3. The van der Waals surface area contributed by atoms with E-state index in [1.165, 1.54) is 6.20 Å². The number of nitrogens with one attached hydrogen (secondary N) is 2. The van der Waals surface area contributed by atoms with Gasteiger partial charge in [-0.25, -0.2) is 19.6 Å². The van der Waals surface area contributed by atoms with Crippen LogP contribution in [0.5, 0.6) is 0 Å². The number of hydrogen-bond acceptors (Lipinski definition) is 6. The molecule has 0 fully saturated rings. The van der Waals surface area contributed by atoms with E-state index in [4.69, 9.17) is 9.84 Å². The first-order valence-electron chi connectivity index (χ1n) is 9.93. The molecule has 0 spiro atoms. The summed E-state index contributed by atoms with van der Waals surface area (Å²) < 4.78 is 47.3. The predicted molar refractivity (Wildman–Crippen MR) is 116 cm³/mol. The molecule has 0 bridgehead atoms.